The van der Waals surface area contributed by atoms with Crippen molar-refractivity contribution in [2.75, 3.05) is 20.2 Å². The van der Waals surface area contributed by atoms with Crippen molar-refractivity contribution in [3.63, 3.8) is 0 Å². The SMILES string of the molecule is COc1ccccc1[C@H](Cn1c(=O)n(C(C)(C)C(=O)N2CCCCC2)c(=O)c2c(C)c(-c3ncco3)sc21)OC1CCC(=O)CC1. The number of amides is 1. The minimum atomic E-state index is -1.45. The fraction of sp³-hybridized carbons (Fsp3) is 0.500. The first-order chi connectivity index (χ1) is 22.1. The number of Topliss-reactive ketones (excluding diaryl/α,β-unsaturated/α-hetero) is 1. The van der Waals surface area contributed by atoms with Gasteiger partial charge in [-0.25, -0.2) is 14.3 Å². The number of carbonyl (C=O) groups excluding carboxylic acids is 2. The number of hydrogen-bond acceptors (Lipinski definition) is 9. The number of nitrogens with zero attached hydrogens (tertiary/aromatic N) is 4. The van der Waals surface area contributed by atoms with E-state index in [1.165, 1.54) is 23.8 Å². The van der Waals surface area contributed by atoms with E-state index in [1.807, 2.05) is 31.2 Å². The Kier molecular flexibility index (Phi) is 9.02. The van der Waals surface area contributed by atoms with Gasteiger partial charge in [-0.05, 0) is 64.5 Å². The van der Waals surface area contributed by atoms with E-state index in [4.69, 9.17) is 13.9 Å². The van der Waals surface area contributed by atoms with Crippen molar-refractivity contribution in [1.82, 2.24) is 19.0 Å². The van der Waals surface area contributed by atoms with E-state index < -0.39 is 22.9 Å². The maximum Gasteiger partial charge on any atom is 0.333 e. The molecule has 2 aliphatic rings. The maximum absolute atomic E-state index is 14.7. The summed E-state index contributed by atoms with van der Waals surface area (Å²) >= 11 is 1.25. The van der Waals surface area contributed by atoms with Crippen LogP contribution in [0.4, 0.5) is 0 Å². The molecule has 6 rings (SSSR count). The second-order valence-corrected chi connectivity index (χ2v) is 13.6. The Hall–Kier alpha value is -4.03. The first kappa shape index (κ1) is 31.9. The van der Waals surface area contributed by atoms with E-state index in [-0.39, 0.29) is 24.3 Å². The number of para-hydroxylation sites is 1. The summed E-state index contributed by atoms with van der Waals surface area (Å²) in [4.78, 5) is 62.2. The van der Waals surface area contributed by atoms with Gasteiger partial charge in [0, 0.05) is 31.5 Å². The van der Waals surface area contributed by atoms with Crippen LogP contribution in [-0.2, 0) is 26.4 Å². The molecule has 1 aliphatic heterocycles. The molecule has 3 aromatic heterocycles. The Morgan fingerprint density at radius 2 is 1.83 bits per heavy atom. The lowest BCUT2D eigenvalue weighted by molar-refractivity contribution is -0.140. The lowest BCUT2D eigenvalue weighted by atomic mass is 9.96. The van der Waals surface area contributed by atoms with E-state index in [0.29, 0.717) is 71.1 Å². The average molecular weight is 649 g/mol. The van der Waals surface area contributed by atoms with Crippen LogP contribution in [0.25, 0.3) is 21.0 Å². The number of methoxy groups -OCH3 is 1. The molecule has 0 radical (unpaired) electrons. The molecule has 4 heterocycles. The lowest BCUT2D eigenvalue weighted by Crippen LogP contribution is -2.57. The van der Waals surface area contributed by atoms with Crippen molar-refractivity contribution in [1.29, 1.82) is 0 Å². The molecule has 1 saturated heterocycles. The van der Waals surface area contributed by atoms with Crippen molar-refractivity contribution < 1.29 is 23.5 Å². The predicted molar refractivity (Wildman–Crippen MR) is 174 cm³/mol. The van der Waals surface area contributed by atoms with Gasteiger partial charge in [0.05, 0.1) is 36.2 Å². The Morgan fingerprint density at radius 1 is 1.11 bits per heavy atom. The van der Waals surface area contributed by atoms with Crippen LogP contribution in [0.15, 0.2) is 50.7 Å². The average Bonchev–Trinajstić information content (AvgIpc) is 3.71. The van der Waals surface area contributed by atoms with Crippen LogP contribution in [0.5, 0.6) is 5.75 Å². The van der Waals surface area contributed by atoms with E-state index in [0.717, 1.165) is 29.4 Å². The van der Waals surface area contributed by atoms with Gasteiger partial charge in [0.2, 0.25) is 11.8 Å². The number of rotatable bonds is 9. The minimum absolute atomic E-state index is 0.0411. The molecular weight excluding hydrogens is 608 g/mol. The highest BCUT2D eigenvalue weighted by molar-refractivity contribution is 7.22. The number of thiophene rings is 1. The fourth-order valence-corrected chi connectivity index (χ4v) is 7.96. The zero-order chi connectivity index (χ0) is 32.6. The van der Waals surface area contributed by atoms with E-state index in [1.54, 1.807) is 30.4 Å². The summed E-state index contributed by atoms with van der Waals surface area (Å²) in [5.74, 6) is 0.895. The summed E-state index contributed by atoms with van der Waals surface area (Å²) < 4.78 is 20.7. The highest BCUT2D eigenvalue weighted by Crippen LogP contribution is 2.38. The van der Waals surface area contributed by atoms with Gasteiger partial charge in [-0.3, -0.25) is 19.0 Å². The first-order valence-electron chi connectivity index (χ1n) is 15.9. The maximum atomic E-state index is 14.7. The van der Waals surface area contributed by atoms with Crippen molar-refractivity contribution in [3.05, 3.63) is 68.7 Å². The standard InChI is InChI=1S/C34H40N4O7S/c1-21-27-30(40)38(34(2,3)32(41)36-17-8-5-9-18-36)33(42)37(31(27)46-28(21)29-35-16-19-44-29)20-26(24-10-6-7-11-25(24)43-4)45-23-14-12-22(39)13-15-23/h6-7,10-11,16,19,23,26H,5,8-9,12-15,17-18,20H2,1-4H3/t26-/m0/s1. The number of oxazole rings is 1. The third kappa shape index (κ3) is 5.84. The minimum Gasteiger partial charge on any atom is -0.496 e. The number of piperidine rings is 1. The van der Waals surface area contributed by atoms with Crippen LogP contribution in [-0.4, -0.2) is 57.0 Å². The van der Waals surface area contributed by atoms with E-state index in [2.05, 4.69) is 4.98 Å². The number of ether oxygens (including phenoxy) is 2. The van der Waals surface area contributed by atoms with Gasteiger partial charge in [-0.15, -0.1) is 11.3 Å². The fourth-order valence-electron chi connectivity index (χ4n) is 6.71. The van der Waals surface area contributed by atoms with Crippen LogP contribution in [0, 0.1) is 6.92 Å². The quantitative estimate of drug-likeness (QED) is 0.242. The molecule has 1 saturated carbocycles. The summed E-state index contributed by atoms with van der Waals surface area (Å²) in [5, 5.41) is 0.333. The van der Waals surface area contributed by atoms with Crippen LogP contribution in [0.2, 0.25) is 0 Å². The number of fused-ring (bicyclic) bond motifs is 1. The number of aromatic nitrogens is 3. The largest absolute Gasteiger partial charge is 0.496 e. The molecule has 2 fully saturated rings. The van der Waals surface area contributed by atoms with Gasteiger partial charge in [0.15, 0.2) is 0 Å². The Morgan fingerprint density at radius 3 is 2.50 bits per heavy atom. The second kappa shape index (κ2) is 13.0. The third-order valence-corrected chi connectivity index (χ3v) is 10.5. The lowest BCUT2D eigenvalue weighted by Gasteiger charge is -2.35. The smallest absolute Gasteiger partial charge is 0.333 e. The summed E-state index contributed by atoms with van der Waals surface area (Å²) in [6, 6.07) is 7.49. The van der Waals surface area contributed by atoms with Crippen LogP contribution >= 0.6 is 11.3 Å². The number of benzene rings is 1. The number of aryl methyl sites for hydroxylation is 1. The van der Waals surface area contributed by atoms with Gasteiger partial charge >= 0.3 is 5.69 Å². The normalized spacial score (nSPS) is 17.0. The van der Waals surface area contributed by atoms with Gasteiger partial charge in [0.25, 0.3) is 5.56 Å². The van der Waals surface area contributed by atoms with Crippen LogP contribution < -0.4 is 16.0 Å². The molecule has 0 unspecified atom stereocenters. The van der Waals surface area contributed by atoms with E-state index >= 15 is 0 Å². The van der Waals surface area contributed by atoms with Crippen molar-refractivity contribution >= 4 is 33.2 Å². The molecule has 0 spiro atoms. The van der Waals surface area contributed by atoms with E-state index in [9.17, 15) is 19.2 Å². The molecule has 1 aliphatic carbocycles. The Balaban J connectivity index is 1.55. The predicted octanol–water partition coefficient (Wildman–Crippen LogP) is 5.21. The van der Waals surface area contributed by atoms with Crippen molar-refractivity contribution in [3.8, 4) is 16.5 Å². The summed E-state index contributed by atoms with van der Waals surface area (Å²) in [7, 11) is 1.58. The molecule has 1 amide bonds. The molecule has 1 aromatic carbocycles. The van der Waals surface area contributed by atoms with Crippen LogP contribution in [0.3, 0.4) is 0 Å². The molecular formula is C34H40N4O7S. The third-order valence-electron chi connectivity index (χ3n) is 9.25. The molecule has 244 valence electrons. The molecule has 12 heteroatoms. The summed E-state index contributed by atoms with van der Waals surface area (Å²) in [6.07, 6.45) is 6.99. The number of hydrogen-bond donors (Lipinski definition) is 0. The zero-order valence-corrected chi connectivity index (χ0v) is 27.6. The summed E-state index contributed by atoms with van der Waals surface area (Å²) in [5.41, 5.74) is -1.22. The van der Waals surface area contributed by atoms with Crippen LogP contribution in [0.1, 0.15) is 76.0 Å². The molecule has 4 aromatic rings. The molecule has 0 bridgehead atoms. The van der Waals surface area contributed by atoms with Gasteiger partial charge in [0.1, 0.15) is 34.3 Å². The van der Waals surface area contributed by atoms with Gasteiger partial charge in [-0.2, -0.15) is 0 Å². The first-order valence-corrected chi connectivity index (χ1v) is 16.7. The highest BCUT2D eigenvalue weighted by Gasteiger charge is 2.39. The summed E-state index contributed by atoms with van der Waals surface area (Å²) in [6.45, 7) is 6.32. The number of ketones is 1. The number of likely N-dealkylation sites (tertiary alicyclic amines) is 1. The van der Waals surface area contributed by atoms with Gasteiger partial charge < -0.3 is 18.8 Å². The zero-order valence-electron chi connectivity index (χ0n) is 26.7. The second-order valence-electron chi connectivity index (χ2n) is 12.6. The Labute approximate surface area is 270 Å². The molecule has 46 heavy (non-hydrogen) atoms. The molecule has 0 N–H and O–H groups in total. The Bertz CT molecular complexity index is 1850. The van der Waals surface area contributed by atoms with Gasteiger partial charge in [-0.1, -0.05) is 18.2 Å². The van der Waals surface area contributed by atoms with Crippen molar-refractivity contribution in [2.24, 2.45) is 0 Å². The number of carbonyl (C=O) groups is 2. The monoisotopic (exact) mass is 648 g/mol. The molecule has 1 atom stereocenters. The van der Waals surface area contributed by atoms with Crippen molar-refractivity contribution in [2.45, 2.75) is 90.0 Å². The molecule has 11 nitrogen and oxygen atoms in total. The topological polar surface area (TPSA) is 126 Å². The highest BCUT2D eigenvalue weighted by atomic mass is 32.1.